The monoisotopic (exact) mass is 236 g/mol. The third kappa shape index (κ3) is 2.39. The van der Waals surface area contributed by atoms with Gasteiger partial charge in [-0.1, -0.05) is 12.1 Å². The summed E-state index contributed by atoms with van der Waals surface area (Å²) in [5, 5.41) is 3.96. The zero-order valence-electron chi connectivity index (χ0n) is 9.25. The van der Waals surface area contributed by atoms with Crippen LogP contribution in [-0.4, -0.2) is 12.0 Å². The molecule has 2 nitrogen and oxygen atoms in total. The molecule has 0 aliphatic rings. The lowest BCUT2D eigenvalue weighted by molar-refractivity contribution is 0.627. The van der Waals surface area contributed by atoms with E-state index in [-0.39, 0.29) is 5.82 Å². The molecule has 0 amide bonds. The van der Waals surface area contributed by atoms with Crippen LogP contribution >= 0.6 is 11.3 Å². The minimum absolute atomic E-state index is 0.199. The first-order valence-electron chi connectivity index (χ1n) is 5.07. The molecule has 2 aromatic rings. The lowest BCUT2D eigenvalue weighted by Gasteiger charge is -1.99. The van der Waals surface area contributed by atoms with E-state index in [2.05, 4.69) is 17.2 Å². The smallest absolute Gasteiger partial charge is 0.182 e. The molecular weight excluding hydrogens is 223 g/mol. The normalized spacial score (nSPS) is 10.4. The van der Waals surface area contributed by atoms with Gasteiger partial charge in [-0.15, -0.1) is 11.3 Å². The molecule has 16 heavy (non-hydrogen) atoms. The van der Waals surface area contributed by atoms with Gasteiger partial charge < -0.3 is 5.32 Å². The number of nitrogens with zero attached hydrogens (tertiary/aromatic N) is 1. The fraction of sp³-hybridized carbons (Fsp3) is 0.250. The maximum absolute atomic E-state index is 12.7. The van der Waals surface area contributed by atoms with Gasteiger partial charge in [-0.2, -0.15) is 0 Å². The van der Waals surface area contributed by atoms with Crippen molar-refractivity contribution < 1.29 is 4.39 Å². The van der Waals surface area contributed by atoms with Crippen LogP contribution in [0.4, 0.5) is 9.52 Å². The van der Waals surface area contributed by atoms with Gasteiger partial charge in [0.05, 0.1) is 5.69 Å². The second-order valence-corrected chi connectivity index (χ2v) is 4.78. The first-order chi connectivity index (χ1) is 7.69. The minimum atomic E-state index is -0.199. The van der Waals surface area contributed by atoms with Crippen LogP contribution in [0.1, 0.15) is 16.1 Å². The summed E-state index contributed by atoms with van der Waals surface area (Å²) in [6.45, 7) is 2.05. The largest absolute Gasteiger partial charge is 0.365 e. The molecule has 1 heterocycles. The molecule has 1 N–H and O–H groups in total. The molecule has 0 spiro atoms. The second-order valence-electron chi connectivity index (χ2n) is 3.58. The number of rotatable bonds is 3. The average molecular weight is 236 g/mol. The molecule has 0 saturated carbocycles. The Morgan fingerprint density at radius 2 is 2.00 bits per heavy atom. The number of anilines is 1. The molecule has 1 aromatic carbocycles. The summed E-state index contributed by atoms with van der Waals surface area (Å²) in [4.78, 5) is 5.66. The molecule has 0 atom stereocenters. The first-order valence-corrected chi connectivity index (χ1v) is 5.89. The van der Waals surface area contributed by atoms with Gasteiger partial charge in [0, 0.05) is 18.3 Å². The number of hydrogen-bond donors (Lipinski definition) is 1. The van der Waals surface area contributed by atoms with E-state index in [1.807, 2.05) is 7.05 Å². The molecule has 2 rings (SSSR count). The molecule has 4 heteroatoms. The van der Waals surface area contributed by atoms with Crippen LogP contribution in [0, 0.1) is 12.7 Å². The number of hydrogen-bond acceptors (Lipinski definition) is 3. The number of thiazole rings is 1. The van der Waals surface area contributed by atoms with Crippen LogP contribution in [-0.2, 0) is 6.42 Å². The molecule has 0 bridgehead atoms. The van der Waals surface area contributed by atoms with Crippen molar-refractivity contribution in [1.29, 1.82) is 0 Å². The maximum Gasteiger partial charge on any atom is 0.182 e. The van der Waals surface area contributed by atoms with Crippen LogP contribution in [0.3, 0.4) is 0 Å². The lowest BCUT2D eigenvalue weighted by atomic mass is 10.1. The molecule has 1 aromatic heterocycles. The van der Waals surface area contributed by atoms with Gasteiger partial charge in [-0.05, 0) is 24.6 Å². The molecule has 0 unspecified atom stereocenters. The van der Waals surface area contributed by atoms with Gasteiger partial charge >= 0.3 is 0 Å². The van der Waals surface area contributed by atoms with Crippen LogP contribution in [0.25, 0.3) is 0 Å². The molecule has 0 fully saturated rings. The first kappa shape index (κ1) is 11.1. The van der Waals surface area contributed by atoms with Crippen molar-refractivity contribution in [2.75, 3.05) is 12.4 Å². The number of halogens is 1. The maximum atomic E-state index is 12.7. The fourth-order valence-electron chi connectivity index (χ4n) is 1.49. The predicted molar refractivity (Wildman–Crippen MR) is 65.6 cm³/mol. The highest BCUT2D eigenvalue weighted by atomic mass is 32.1. The Kier molecular flexibility index (Phi) is 3.19. The zero-order chi connectivity index (χ0) is 11.5. The Morgan fingerprint density at radius 1 is 1.31 bits per heavy atom. The second kappa shape index (κ2) is 4.61. The van der Waals surface area contributed by atoms with Crippen LogP contribution in [0.5, 0.6) is 0 Å². The van der Waals surface area contributed by atoms with E-state index >= 15 is 0 Å². The number of aryl methyl sites for hydroxylation is 1. The topological polar surface area (TPSA) is 24.9 Å². The summed E-state index contributed by atoms with van der Waals surface area (Å²) >= 11 is 1.64. The highest BCUT2D eigenvalue weighted by Gasteiger charge is 2.07. The van der Waals surface area contributed by atoms with E-state index in [1.54, 1.807) is 23.5 Å². The van der Waals surface area contributed by atoms with E-state index in [4.69, 9.17) is 0 Å². The van der Waals surface area contributed by atoms with E-state index in [0.717, 1.165) is 22.8 Å². The van der Waals surface area contributed by atoms with Crippen LogP contribution in [0.15, 0.2) is 24.3 Å². The third-order valence-corrected chi connectivity index (χ3v) is 3.42. The van der Waals surface area contributed by atoms with Gasteiger partial charge in [0.1, 0.15) is 5.82 Å². The predicted octanol–water partition coefficient (Wildman–Crippen LogP) is 3.22. The number of aromatic nitrogens is 1. The fourth-order valence-corrected chi connectivity index (χ4v) is 2.28. The summed E-state index contributed by atoms with van der Waals surface area (Å²) in [7, 11) is 1.86. The van der Waals surface area contributed by atoms with Gasteiger partial charge in [0.2, 0.25) is 0 Å². The van der Waals surface area contributed by atoms with Crippen molar-refractivity contribution in [2.24, 2.45) is 0 Å². The van der Waals surface area contributed by atoms with E-state index in [9.17, 15) is 4.39 Å². The van der Waals surface area contributed by atoms with Crippen molar-refractivity contribution in [2.45, 2.75) is 13.3 Å². The zero-order valence-corrected chi connectivity index (χ0v) is 10.1. The van der Waals surface area contributed by atoms with E-state index in [1.165, 1.54) is 17.0 Å². The number of nitrogens with one attached hydrogen (secondary N) is 1. The summed E-state index contributed by atoms with van der Waals surface area (Å²) < 4.78 is 12.7. The van der Waals surface area contributed by atoms with Crippen LogP contribution in [0.2, 0.25) is 0 Å². The summed E-state index contributed by atoms with van der Waals surface area (Å²) in [5.74, 6) is -0.199. The Morgan fingerprint density at radius 3 is 2.56 bits per heavy atom. The summed E-state index contributed by atoms with van der Waals surface area (Å²) in [6, 6.07) is 6.56. The van der Waals surface area contributed by atoms with Crippen molar-refractivity contribution >= 4 is 16.5 Å². The SMILES string of the molecule is CNc1nc(Cc2ccc(F)cc2)c(C)s1. The van der Waals surface area contributed by atoms with Crippen molar-refractivity contribution in [3.8, 4) is 0 Å². The van der Waals surface area contributed by atoms with Gasteiger partial charge in [-0.25, -0.2) is 9.37 Å². The van der Waals surface area contributed by atoms with Crippen molar-refractivity contribution in [3.63, 3.8) is 0 Å². The lowest BCUT2D eigenvalue weighted by Crippen LogP contribution is -1.92. The molecule has 0 radical (unpaired) electrons. The quantitative estimate of drug-likeness (QED) is 0.885. The molecular formula is C12H13FN2S. The highest BCUT2D eigenvalue weighted by molar-refractivity contribution is 7.15. The Balaban J connectivity index is 2.19. The highest BCUT2D eigenvalue weighted by Crippen LogP contribution is 2.23. The van der Waals surface area contributed by atoms with Crippen molar-refractivity contribution in [3.05, 3.63) is 46.2 Å². The van der Waals surface area contributed by atoms with E-state index < -0.39 is 0 Å². The molecule has 0 aliphatic carbocycles. The van der Waals surface area contributed by atoms with E-state index in [0.29, 0.717) is 0 Å². The minimum Gasteiger partial charge on any atom is -0.365 e. The Labute approximate surface area is 98.2 Å². The Hall–Kier alpha value is -1.42. The molecule has 0 aliphatic heterocycles. The molecule has 0 saturated heterocycles. The third-order valence-electron chi connectivity index (χ3n) is 2.39. The molecule has 84 valence electrons. The standard InChI is InChI=1S/C12H13FN2S/c1-8-11(15-12(14-2)16-8)7-9-3-5-10(13)6-4-9/h3-6H,7H2,1-2H3,(H,14,15). The van der Waals surface area contributed by atoms with Gasteiger partial charge in [-0.3, -0.25) is 0 Å². The number of benzene rings is 1. The van der Waals surface area contributed by atoms with Gasteiger partial charge in [0.15, 0.2) is 5.13 Å². The summed E-state index contributed by atoms with van der Waals surface area (Å²) in [6.07, 6.45) is 0.754. The average Bonchev–Trinajstić information content (AvgIpc) is 2.63. The Bertz CT molecular complexity index is 476. The van der Waals surface area contributed by atoms with Gasteiger partial charge in [0.25, 0.3) is 0 Å². The van der Waals surface area contributed by atoms with Crippen LogP contribution < -0.4 is 5.32 Å². The summed E-state index contributed by atoms with van der Waals surface area (Å²) in [5.41, 5.74) is 2.14. The van der Waals surface area contributed by atoms with Crippen molar-refractivity contribution in [1.82, 2.24) is 4.98 Å².